The summed E-state index contributed by atoms with van der Waals surface area (Å²) in [6.07, 6.45) is 5.13. The van der Waals surface area contributed by atoms with Gasteiger partial charge >= 0.3 is 6.03 Å². The Morgan fingerprint density at radius 2 is 1.64 bits per heavy atom. The van der Waals surface area contributed by atoms with E-state index in [1.807, 2.05) is 40.1 Å². The van der Waals surface area contributed by atoms with Gasteiger partial charge in [-0.05, 0) is 48.6 Å². The molecule has 0 radical (unpaired) electrons. The number of ether oxygens (including phenoxy) is 2. The number of urea groups is 1. The summed E-state index contributed by atoms with van der Waals surface area (Å²) in [5.41, 5.74) is 4.06. The second kappa shape index (κ2) is 8.96. The number of likely N-dealkylation sites (tertiary alicyclic amines) is 1. The quantitative estimate of drug-likeness (QED) is 0.708. The first-order valence-corrected chi connectivity index (χ1v) is 11.8. The Morgan fingerprint density at radius 3 is 2.36 bits per heavy atom. The van der Waals surface area contributed by atoms with Crippen LogP contribution in [0.2, 0.25) is 0 Å². The fourth-order valence-corrected chi connectivity index (χ4v) is 5.42. The van der Waals surface area contributed by atoms with Gasteiger partial charge in [-0.25, -0.2) is 4.79 Å². The Bertz CT molecular complexity index is 1060. The summed E-state index contributed by atoms with van der Waals surface area (Å²) < 4.78 is 11.1. The molecule has 1 saturated heterocycles. The molecule has 0 spiro atoms. The lowest BCUT2D eigenvalue weighted by Gasteiger charge is -2.46. The van der Waals surface area contributed by atoms with Gasteiger partial charge in [-0.3, -0.25) is 9.69 Å². The maximum Gasteiger partial charge on any atom is 0.325 e. The van der Waals surface area contributed by atoms with Crippen LogP contribution in [-0.4, -0.2) is 62.1 Å². The van der Waals surface area contributed by atoms with Gasteiger partial charge < -0.3 is 19.3 Å². The van der Waals surface area contributed by atoms with Crippen LogP contribution >= 0.6 is 0 Å². The molecule has 0 aromatic heterocycles. The van der Waals surface area contributed by atoms with Crippen LogP contribution in [0.3, 0.4) is 0 Å². The molecule has 3 heterocycles. The van der Waals surface area contributed by atoms with Crippen molar-refractivity contribution < 1.29 is 19.1 Å². The second-order valence-electron chi connectivity index (χ2n) is 8.97. The van der Waals surface area contributed by atoms with Crippen LogP contribution < -0.4 is 14.4 Å². The highest BCUT2D eigenvalue weighted by molar-refractivity contribution is 6.01. The fourth-order valence-electron chi connectivity index (χ4n) is 5.42. The number of nitrogens with zero attached hydrogens (tertiary/aromatic N) is 3. The first kappa shape index (κ1) is 21.6. The fraction of sp³-hybridized carbons (Fsp3) is 0.462. The minimum absolute atomic E-state index is 0.0299. The molecule has 7 heteroatoms. The van der Waals surface area contributed by atoms with Gasteiger partial charge in [-0.2, -0.15) is 0 Å². The molecular formula is C26H31N3O4. The molecule has 33 heavy (non-hydrogen) atoms. The molecule has 0 saturated carbocycles. The summed E-state index contributed by atoms with van der Waals surface area (Å²) in [5, 5.41) is 0. The Hall–Kier alpha value is -3.22. The van der Waals surface area contributed by atoms with Crippen LogP contribution in [0.5, 0.6) is 11.5 Å². The summed E-state index contributed by atoms with van der Waals surface area (Å²) in [6.45, 7) is 2.24. The summed E-state index contributed by atoms with van der Waals surface area (Å²) >= 11 is 0. The van der Waals surface area contributed by atoms with Gasteiger partial charge in [0.15, 0.2) is 11.5 Å². The zero-order valence-electron chi connectivity index (χ0n) is 19.4. The van der Waals surface area contributed by atoms with E-state index in [1.165, 1.54) is 12.8 Å². The molecule has 0 bridgehead atoms. The number of benzene rings is 2. The molecule has 0 N–H and O–H groups in total. The Labute approximate surface area is 194 Å². The van der Waals surface area contributed by atoms with Crippen LogP contribution in [0.4, 0.5) is 10.5 Å². The van der Waals surface area contributed by atoms with Gasteiger partial charge in [-0.1, -0.05) is 31.0 Å². The number of amides is 3. The molecule has 1 fully saturated rings. The minimum atomic E-state index is -0.207. The van der Waals surface area contributed by atoms with Gasteiger partial charge in [0.1, 0.15) is 6.54 Å². The van der Waals surface area contributed by atoms with E-state index in [0.29, 0.717) is 18.0 Å². The minimum Gasteiger partial charge on any atom is -0.493 e. The molecule has 2 aromatic carbocycles. The third kappa shape index (κ3) is 3.79. The molecule has 3 aliphatic rings. The van der Waals surface area contributed by atoms with Crippen LogP contribution in [-0.2, 0) is 11.2 Å². The number of carbonyl (C=O) groups is 2. The number of hydrogen-bond donors (Lipinski definition) is 0. The number of fused-ring (bicyclic) bond motifs is 5. The van der Waals surface area contributed by atoms with Crippen molar-refractivity contribution in [1.29, 1.82) is 0 Å². The van der Waals surface area contributed by atoms with E-state index in [9.17, 15) is 9.59 Å². The van der Waals surface area contributed by atoms with Crippen molar-refractivity contribution in [3.05, 3.63) is 53.1 Å². The number of para-hydroxylation sites is 1. The predicted molar refractivity (Wildman–Crippen MR) is 126 cm³/mol. The van der Waals surface area contributed by atoms with Crippen LogP contribution in [0, 0.1) is 0 Å². The molecule has 0 aliphatic carbocycles. The van der Waals surface area contributed by atoms with Crippen molar-refractivity contribution in [3.8, 4) is 11.5 Å². The number of methoxy groups -OCH3 is 2. The van der Waals surface area contributed by atoms with Gasteiger partial charge in [0, 0.05) is 25.2 Å². The van der Waals surface area contributed by atoms with Gasteiger partial charge in [-0.15, -0.1) is 0 Å². The molecule has 5 rings (SSSR count). The van der Waals surface area contributed by atoms with Crippen molar-refractivity contribution in [2.24, 2.45) is 0 Å². The molecule has 3 aliphatic heterocycles. The number of carbonyl (C=O) groups excluding carboxylic acids is 2. The average Bonchev–Trinajstić information content (AvgIpc) is 3.14. The Balaban J connectivity index is 1.52. The molecule has 7 nitrogen and oxygen atoms in total. The predicted octanol–water partition coefficient (Wildman–Crippen LogP) is 3.99. The molecule has 2 aromatic rings. The van der Waals surface area contributed by atoms with Gasteiger partial charge in [0.2, 0.25) is 5.91 Å². The lowest BCUT2D eigenvalue weighted by Crippen LogP contribution is -2.54. The van der Waals surface area contributed by atoms with E-state index in [0.717, 1.165) is 54.7 Å². The van der Waals surface area contributed by atoms with Crippen molar-refractivity contribution in [2.75, 3.05) is 45.3 Å². The highest BCUT2D eigenvalue weighted by Crippen LogP contribution is 2.46. The third-order valence-corrected chi connectivity index (χ3v) is 7.12. The second-order valence-corrected chi connectivity index (χ2v) is 8.97. The molecule has 3 amide bonds. The highest BCUT2D eigenvalue weighted by Gasteiger charge is 2.42. The summed E-state index contributed by atoms with van der Waals surface area (Å²) in [7, 11) is 3.26. The SMILES string of the molecule is COc1cc2c(cc1OC)C1c3ccccc3N(CC(=O)N3CCCCCC3)C(=O)N1CC2. The largest absolute Gasteiger partial charge is 0.493 e. The van der Waals surface area contributed by atoms with Crippen molar-refractivity contribution >= 4 is 17.6 Å². The smallest absolute Gasteiger partial charge is 0.325 e. The third-order valence-electron chi connectivity index (χ3n) is 7.12. The van der Waals surface area contributed by atoms with Crippen molar-refractivity contribution in [2.45, 2.75) is 38.1 Å². The number of rotatable bonds is 4. The normalized spacial score (nSPS) is 19.9. The van der Waals surface area contributed by atoms with Crippen LogP contribution in [0.25, 0.3) is 0 Å². The van der Waals surface area contributed by atoms with Crippen LogP contribution in [0.1, 0.15) is 48.4 Å². The maximum absolute atomic E-state index is 13.7. The van der Waals surface area contributed by atoms with E-state index >= 15 is 0 Å². The standard InChI is InChI=1S/C26H31N3O4/c1-32-22-15-18-11-14-28-25(20(18)16-23(22)33-2)19-9-5-6-10-21(19)29(26(28)31)17-24(30)27-12-7-3-4-8-13-27/h5-6,9-10,15-16,25H,3-4,7-8,11-14,17H2,1-2H3. The number of hydrogen-bond acceptors (Lipinski definition) is 4. The van der Waals surface area contributed by atoms with Gasteiger partial charge in [0.25, 0.3) is 0 Å². The Morgan fingerprint density at radius 1 is 0.939 bits per heavy atom. The highest BCUT2D eigenvalue weighted by atomic mass is 16.5. The Kier molecular flexibility index (Phi) is 5.87. The van der Waals surface area contributed by atoms with E-state index < -0.39 is 0 Å². The van der Waals surface area contributed by atoms with Crippen LogP contribution in [0.15, 0.2) is 36.4 Å². The van der Waals surface area contributed by atoms with E-state index in [2.05, 4.69) is 6.07 Å². The zero-order valence-corrected chi connectivity index (χ0v) is 19.4. The average molecular weight is 450 g/mol. The maximum atomic E-state index is 13.7. The summed E-state index contributed by atoms with van der Waals surface area (Å²) in [6, 6.07) is 11.6. The summed E-state index contributed by atoms with van der Waals surface area (Å²) in [5.74, 6) is 1.38. The molecule has 1 unspecified atom stereocenters. The van der Waals surface area contributed by atoms with E-state index in [1.54, 1.807) is 19.1 Å². The lowest BCUT2D eigenvalue weighted by molar-refractivity contribution is -0.129. The van der Waals surface area contributed by atoms with Crippen molar-refractivity contribution in [3.63, 3.8) is 0 Å². The van der Waals surface area contributed by atoms with E-state index in [-0.39, 0.29) is 24.5 Å². The lowest BCUT2D eigenvalue weighted by atomic mass is 9.85. The van der Waals surface area contributed by atoms with Gasteiger partial charge in [0.05, 0.1) is 25.9 Å². The first-order valence-electron chi connectivity index (χ1n) is 11.8. The summed E-state index contributed by atoms with van der Waals surface area (Å²) in [4.78, 5) is 32.4. The number of anilines is 1. The van der Waals surface area contributed by atoms with Crippen molar-refractivity contribution in [1.82, 2.24) is 9.80 Å². The van der Waals surface area contributed by atoms with E-state index in [4.69, 9.17) is 9.47 Å². The first-order chi connectivity index (χ1) is 16.1. The topological polar surface area (TPSA) is 62.3 Å². The molecule has 174 valence electrons. The monoisotopic (exact) mass is 449 g/mol. The molecular weight excluding hydrogens is 418 g/mol. The molecule has 1 atom stereocenters. The zero-order chi connectivity index (χ0) is 22.9.